The van der Waals surface area contributed by atoms with Gasteiger partial charge in [-0.1, -0.05) is 35.4 Å². The highest BCUT2D eigenvalue weighted by Gasteiger charge is 2.21. The monoisotopic (exact) mass is 500 g/mol. The Morgan fingerprint density at radius 2 is 1.79 bits per heavy atom. The van der Waals surface area contributed by atoms with Crippen LogP contribution >= 0.6 is 23.4 Å². The number of hydrogen-bond donors (Lipinski definition) is 1. The molecule has 0 bridgehead atoms. The quantitative estimate of drug-likeness (QED) is 0.389. The van der Waals surface area contributed by atoms with Crippen molar-refractivity contribution < 1.29 is 13.2 Å². The second-order valence-corrected chi connectivity index (χ2v) is 10.5. The fourth-order valence-electron chi connectivity index (χ4n) is 3.33. The molecule has 2 aromatic carbocycles. The van der Waals surface area contributed by atoms with Gasteiger partial charge in [-0.25, -0.2) is 23.1 Å². The van der Waals surface area contributed by atoms with E-state index >= 15 is 0 Å². The average molecular weight is 501 g/mol. The van der Waals surface area contributed by atoms with Crippen LogP contribution in [-0.4, -0.2) is 35.1 Å². The highest BCUT2D eigenvalue weighted by atomic mass is 35.5. The third-order valence-corrected chi connectivity index (χ3v) is 7.59. The van der Waals surface area contributed by atoms with Crippen LogP contribution in [0.1, 0.15) is 27.4 Å². The van der Waals surface area contributed by atoms with Gasteiger partial charge in [-0.05, 0) is 62.1 Å². The minimum Gasteiger partial charge on any atom is -0.308 e. The molecule has 1 amide bonds. The molecule has 0 aliphatic carbocycles. The molecule has 170 valence electrons. The van der Waals surface area contributed by atoms with Gasteiger partial charge in [0.25, 0.3) is 15.9 Å². The zero-order valence-corrected chi connectivity index (χ0v) is 20.6. The molecule has 2 heterocycles. The predicted octanol–water partition coefficient (Wildman–Crippen LogP) is 4.59. The van der Waals surface area contributed by atoms with Crippen LogP contribution < -0.4 is 4.72 Å². The molecule has 0 aliphatic rings. The number of aryl methyl sites for hydroxylation is 2. The summed E-state index contributed by atoms with van der Waals surface area (Å²) in [4.78, 5) is 22.7. The number of halogens is 1. The number of imidazole rings is 1. The number of benzene rings is 2. The molecule has 0 radical (unpaired) electrons. The Balaban J connectivity index is 1.65. The lowest BCUT2D eigenvalue weighted by Gasteiger charge is -2.10. The lowest BCUT2D eigenvalue weighted by atomic mass is 10.2. The standard InChI is InChI=1S/C23H21ClN4O3S2/c1-14-4-8-18(9-5-14)33(30,31)27-23(29)21-11-10-20-22(26-21)28(15(2)25-20)13-16-6-7-17(32-3)12-19(16)24/h4-12H,13H2,1-3H3,(H,27,29). The Morgan fingerprint density at radius 1 is 1.06 bits per heavy atom. The Labute approximate surface area is 201 Å². The zero-order chi connectivity index (χ0) is 23.8. The summed E-state index contributed by atoms with van der Waals surface area (Å²) in [6, 6.07) is 15.2. The van der Waals surface area contributed by atoms with E-state index < -0.39 is 15.9 Å². The van der Waals surface area contributed by atoms with Crippen molar-refractivity contribution in [3.63, 3.8) is 0 Å². The van der Waals surface area contributed by atoms with Gasteiger partial charge >= 0.3 is 0 Å². The lowest BCUT2D eigenvalue weighted by Crippen LogP contribution is -2.31. The second-order valence-electron chi connectivity index (χ2n) is 7.49. The molecule has 33 heavy (non-hydrogen) atoms. The van der Waals surface area contributed by atoms with E-state index in [-0.39, 0.29) is 10.6 Å². The van der Waals surface area contributed by atoms with Gasteiger partial charge in [0.2, 0.25) is 0 Å². The average Bonchev–Trinajstić information content (AvgIpc) is 3.09. The van der Waals surface area contributed by atoms with Crippen molar-refractivity contribution in [2.45, 2.75) is 30.2 Å². The first-order valence-electron chi connectivity index (χ1n) is 9.98. The van der Waals surface area contributed by atoms with Crippen LogP contribution in [-0.2, 0) is 16.6 Å². The van der Waals surface area contributed by atoms with Gasteiger partial charge < -0.3 is 4.57 Å². The van der Waals surface area contributed by atoms with E-state index in [1.807, 2.05) is 42.9 Å². The van der Waals surface area contributed by atoms with Gasteiger partial charge in [-0.15, -0.1) is 11.8 Å². The van der Waals surface area contributed by atoms with Gasteiger partial charge in [0, 0.05) is 9.92 Å². The van der Waals surface area contributed by atoms with Crippen LogP contribution in [0.15, 0.2) is 64.4 Å². The Hall–Kier alpha value is -2.88. The molecule has 0 unspecified atom stereocenters. The summed E-state index contributed by atoms with van der Waals surface area (Å²) < 4.78 is 29.1. The van der Waals surface area contributed by atoms with Crippen molar-refractivity contribution in [1.82, 2.24) is 19.3 Å². The minimum absolute atomic E-state index is 0.00625. The second kappa shape index (κ2) is 9.17. The number of amides is 1. The zero-order valence-electron chi connectivity index (χ0n) is 18.2. The molecule has 1 N–H and O–H groups in total. The third kappa shape index (κ3) is 4.90. The summed E-state index contributed by atoms with van der Waals surface area (Å²) in [7, 11) is -4.02. The Bertz CT molecular complexity index is 1470. The van der Waals surface area contributed by atoms with Crippen LogP contribution in [0.4, 0.5) is 0 Å². The maximum absolute atomic E-state index is 12.7. The number of pyridine rings is 1. The smallest absolute Gasteiger partial charge is 0.283 e. The normalized spacial score (nSPS) is 11.6. The molecule has 0 spiro atoms. The van der Waals surface area contributed by atoms with E-state index in [2.05, 4.69) is 14.7 Å². The molecule has 0 aliphatic heterocycles. The summed E-state index contributed by atoms with van der Waals surface area (Å²) in [6.45, 7) is 4.10. The van der Waals surface area contributed by atoms with Crippen LogP contribution in [0.2, 0.25) is 5.02 Å². The number of nitrogens with zero attached hydrogens (tertiary/aromatic N) is 3. The molecule has 4 aromatic rings. The predicted molar refractivity (Wildman–Crippen MR) is 130 cm³/mol. The maximum atomic E-state index is 12.7. The molecule has 4 rings (SSSR count). The SMILES string of the molecule is CSc1ccc(Cn2c(C)nc3ccc(C(=O)NS(=O)(=O)c4ccc(C)cc4)nc32)c(Cl)c1. The number of rotatable bonds is 6. The fraction of sp³-hybridized carbons (Fsp3) is 0.174. The summed E-state index contributed by atoms with van der Waals surface area (Å²) in [5.41, 5.74) is 2.85. The van der Waals surface area contributed by atoms with Crippen LogP contribution in [0.5, 0.6) is 0 Å². The first kappa shape index (κ1) is 23.3. The highest BCUT2D eigenvalue weighted by Crippen LogP contribution is 2.26. The molecule has 7 nitrogen and oxygen atoms in total. The number of nitrogens with one attached hydrogen (secondary N) is 1. The van der Waals surface area contributed by atoms with Gasteiger partial charge in [0.15, 0.2) is 5.65 Å². The van der Waals surface area contributed by atoms with E-state index in [9.17, 15) is 13.2 Å². The molecule has 0 saturated carbocycles. The molecular formula is C23H21ClN4O3S2. The number of hydrogen-bond acceptors (Lipinski definition) is 6. The summed E-state index contributed by atoms with van der Waals surface area (Å²) in [5, 5.41) is 0.626. The van der Waals surface area contributed by atoms with E-state index in [4.69, 9.17) is 11.6 Å². The van der Waals surface area contributed by atoms with Crippen molar-refractivity contribution >= 4 is 50.5 Å². The molecular weight excluding hydrogens is 480 g/mol. The van der Waals surface area contributed by atoms with Crippen molar-refractivity contribution in [2.24, 2.45) is 0 Å². The van der Waals surface area contributed by atoms with E-state index in [0.717, 1.165) is 16.0 Å². The first-order valence-corrected chi connectivity index (χ1v) is 13.1. The summed E-state index contributed by atoms with van der Waals surface area (Å²) >= 11 is 8.06. The van der Waals surface area contributed by atoms with E-state index in [1.54, 1.807) is 30.0 Å². The highest BCUT2D eigenvalue weighted by molar-refractivity contribution is 7.98. The van der Waals surface area contributed by atoms with Gasteiger partial charge in [0.05, 0.1) is 11.4 Å². The minimum atomic E-state index is -4.02. The van der Waals surface area contributed by atoms with Crippen molar-refractivity contribution in [2.75, 3.05) is 6.26 Å². The number of aromatic nitrogens is 3. The van der Waals surface area contributed by atoms with Gasteiger partial charge in [-0.2, -0.15) is 0 Å². The topological polar surface area (TPSA) is 94.0 Å². The lowest BCUT2D eigenvalue weighted by molar-refractivity contribution is 0.0977. The number of sulfonamides is 1. The Morgan fingerprint density at radius 3 is 2.45 bits per heavy atom. The molecule has 10 heteroatoms. The summed E-state index contributed by atoms with van der Waals surface area (Å²) in [6.07, 6.45) is 1.98. The molecule has 0 saturated heterocycles. The van der Waals surface area contributed by atoms with Crippen molar-refractivity contribution in [1.29, 1.82) is 0 Å². The van der Waals surface area contributed by atoms with E-state index in [0.29, 0.717) is 28.6 Å². The van der Waals surface area contributed by atoms with Crippen LogP contribution in [0.25, 0.3) is 11.2 Å². The molecule has 0 atom stereocenters. The molecule has 0 fully saturated rings. The van der Waals surface area contributed by atoms with Crippen molar-refractivity contribution in [3.05, 3.63) is 82.3 Å². The van der Waals surface area contributed by atoms with Crippen LogP contribution in [0, 0.1) is 13.8 Å². The maximum Gasteiger partial charge on any atom is 0.283 e. The number of carbonyl (C=O) groups excluding carboxylic acids is 1. The summed E-state index contributed by atoms with van der Waals surface area (Å²) in [5.74, 6) is -0.113. The Kier molecular flexibility index (Phi) is 6.47. The van der Waals surface area contributed by atoms with Gasteiger partial charge in [-0.3, -0.25) is 4.79 Å². The first-order chi connectivity index (χ1) is 15.7. The van der Waals surface area contributed by atoms with Crippen LogP contribution in [0.3, 0.4) is 0 Å². The number of thioether (sulfide) groups is 1. The van der Waals surface area contributed by atoms with Gasteiger partial charge in [0.1, 0.15) is 17.0 Å². The van der Waals surface area contributed by atoms with E-state index in [1.165, 1.54) is 18.2 Å². The van der Waals surface area contributed by atoms with Crippen molar-refractivity contribution in [3.8, 4) is 0 Å². The molecule has 2 aromatic heterocycles. The number of fused-ring (bicyclic) bond motifs is 1. The largest absolute Gasteiger partial charge is 0.308 e. The fourth-order valence-corrected chi connectivity index (χ4v) is 5.04. The number of carbonyl (C=O) groups is 1. The third-order valence-electron chi connectivity index (χ3n) is 5.16.